The van der Waals surface area contributed by atoms with Crippen LogP contribution in [-0.4, -0.2) is 54.7 Å². The number of carbonyl (C=O) groups excluding carboxylic acids is 1. The van der Waals surface area contributed by atoms with Gasteiger partial charge >= 0.3 is 0 Å². The van der Waals surface area contributed by atoms with Crippen LogP contribution in [0.4, 0.5) is 0 Å². The molecule has 3 N–H and O–H groups in total. The number of amides is 1. The minimum atomic E-state index is -3.72. The Bertz CT molecular complexity index is 709. The van der Waals surface area contributed by atoms with E-state index >= 15 is 0 Å². The summed E-state index contributed by atoms with van der Waals surface area (Å²) in [4.78, 5) is 11.9. The average Bonchev–Trinajstić information content (AvgIpc) is 3.14. The van der Waals surface area contributed by atoms with E-state index in [0.717, 1.165) is 25.9 Å². The van der Waals surface area contributed by atoms with E-state index in [1.165, 1.54) is 32.4 Å². The Morgan fingerprint density at radius 1 is 1.22 bits per heavy atom. The van der Waals surface area contributed by atoms with Gasteiger partial charge in [-0.3, -0.25) is 4.79 Å². The number of ether oxygens (including phenoxy) is 2. The largest absolute Gasteiger partial charge is 0.493 e. The monoisotopic (exact) mass is 421 g/mol. The molecule has 1 aliphatic heterocycles. The summed E-state index contributed by atoms with van der Waals surface area (Å²) in [5.41, 5.74) is 0. The van der Waals surface area contributed by atoms with Gasteiger partial charge in [-0.15, -0.1) is 12.4 Å². The third-order valence-corrected chi connectivity index (χ3v) is 5.81. The lowest BCUT2D eigenvalue weighted by molar-refractivity contribution is -0.120. The Hall–Kier alpha value is -1.55. The average molecular weight is 422 g/mol. The molecule has 0 aromatic heterocycles. The molecule has 1 heterocycles. The molecule has 1 unspecified atom stereocenters. The lowest BCUT2D eigenvalue weighted by Gasteiger charge is -2.11. The number of rotatable bonds is 10. The summed E-state index contributed by atoms with van der Waals surface area (Å²) >= 11 is 0. The van der Waals surface area contributed by atoms with E-state index in [2.05, 4.69) is 15.4 Å². The van der Waals surface area contributed by atoms with Crippen LogP contribution in [0.25, 0.3) is 0 Å². The minimum Gasteiger partial charge on any atom is -0.493 e. The van der Waals surface area contributed by atoms with Crippen molar-refractivity contribution in [3.8, 4) is 11.5 Å². The second-order valence-electron chi connectivity index (χ2n) is 6.16. The molecule has 154 valence electrons. The van der Waals surface area contributed by atoms with Crippen molar-refractivity contribution in [3.05, 3.63) is 18.2 Å². The van der Waals surface area contributed by atoms with Crippen LogP contribution in [0.15, 0.2) is 23.1 Å². The minimum absolute atomic E-state index is 0. The molecule has 1 aliphatic rings. The van der Waals surface area contributed by atoms with E-state index in [1.54, 1.807) is 0 Å². The zero-order chi connectivity index (χ0) is 19.0. The highest BCUT2D eigenvalue weighted by molar-refractivity contribution is 7.89. The Kier molecular flexibility index (Phi) is 9.86. The molecular formula is C17H28ClN3O5S. The topological polar surface area (TPSA) is 106 Å². The number of benzene rings is 1. The molecule has 1 aromatic carbocycles. The second kappa shape index (κ2) is 11.3. The molecule has 0 radical (unpaired) electrons. The van der Waals surface area contributed by atoms with E-state index < -0.39 is 10.0 Å². The van der Waals surface area contributed by atoms with E-state index in [0.29, 0.717) is 24.0 Å². The van der Waals surface area contributed by atoms with Crippen molar-refractivity contribution < 1.29 is 22.7 Å². The van der Waals surface area contributed by atoms with Crippen molar-refractivity contribution in [1.29, 1.82) is 0 Å². The van der Waals surface area contributed by atoms with Crippen LogP contribution in [0, 0.1) is 5.92 Å². The van der Waals surface area contributed by atoms with Gasteiger partial charge in [-0.05, 0) is 44.0 Å². The van der Waals surface area contributed by atoms with Gasteiger partial charge in [0.05, 0.1) is 19.1 Å². The molecule has 0 aliphatic carbocycles. The smallest absolute Gasteiger partial charge is 0.240 e. The highest BCUT2D eigenvalue weighted by Crippen LogP contribution is 2.29. The third kappa shape index (κ3) is 7.17. The Labute approximate surface area is 166 Å². The van der Waals surface area contributed by atoms with E-state index in [1.807, 2.05) is 0 Å². The van der Waals surface area contributed by atoms with Crippen LogP contribution < -0.4 is 24.8 Å². The third-order valence-electron chi connectivity index (χ3n) is 4.35. The van der Waals surface area contributed by atoms with Crippen molar-refractivity contribution in [2.75, 3.05) is 40.4 Å². The van der Waals surface area contributed by atoms with Gasteiger partial charge in [0, 0.05) is 25.6 Å². The van der Waals surface area contributed by atoms with Crippen molar-refractivity contribution in [2.24, 2.45) is 5.92 Å². The molecule has 0 bridgehead atoms. The number of halogens is 1. The maximum absolute atomic E-state index is 12.3. The molecule has 27 heavy (non-hydrogen) atoms. The molecule has 10 heteroatoms. The van der Waals surface area contributed by atoms with Crippen molar-refractivity contribution >= 4 is 28.3 Å². The van der Waals surface area contributed by atoms with Gasteiger partial charge in [-0.25, -0.2) is 13.1 Å². The molecular weight excluding hydrogens is 394 g/mol. The van der Waals surface area contributed by atoms with Crippen LogP contribution in [0.3, 0.4) is 0 Å². The molecule has 1 saturated heterocycles. The lowest BCUT2D eigenvalue weighted by atomic mass is 10.1. The van der Waals surface area contributed by atoms with Crippen LogP contribution >= 0.6 is 12.4 Å². The fourth-order valence-electron chi connectivity index (χ4n) is 2.83. The first-order valence-electron chi connectivity index (χ1n) is 8.65. The number of sulfonamides is 1. The lowest BCUT2D eigenvalue weighted by Crippen LogP contribution is -2.31. The number of nitrogens with one attached hydrogen (secondary N) is 3. The van der Waals surface area contributed by atoms with Crippen molar-refractivity contribution in [2.45, 2.75) is 24.2 Å². The summed E-state index contributed by atoms with van der Waals surface area (Å²) < 4.78 is 37.3. The fraction of sp³-hybridized carbons (Fsp3) is 0.588. The Morgan fingerprint density at radius 2 is 1.96 bits per heavy atom. The fourth-order valence-corrected chi connectivity index (χ4v) is 3.88. The van der Waals surface area contributed by atoms with Crippen LogP contribution in [0.2, 0.25) is 0 Å². The number of methoxy groups -OCH3 is 2. The molecule has 1 amide bonds. The summed E-state index contributed by atoms with van der Waals surface area (Å²) in [5.74, 6) is 1.22. The van der Waals surface area contributed by atoms with E-state index in [4.69, 9.17) is 9.47 Å². The van der Waals surface area contributed by atoms with Crippen molar-refractivity contribution in [1.82, 2.24) is 15.4 Å². The highest BCUT2D eigenvalue weighted by Gasteiger charge is 2.17. The molecule has 1 aromatic rings. The number of hydrogen-bond donors (Lipinski definition) is 3. The summed E-state index contributed by atoms with van der Waals surface area (Å²) in [6.45, 7) is 2.69. The van der Waals surface area contributed by atoms with Gasteiger partial charge in [0.25, 0.3) is 0 Å². The van der Waals surface area contributed by atoms with Crippen LogP contribution in [0.1, 0.15) is 19.3 Å². The van der Waals surface area contributed by atoms with Gasteiger partial charge in [0.1, 0.15) is 0 Å². The molecule has 0 spiro atoms. The molecule has 1 atom stereocenters. The number of carbonyl (C=O) groups is 1. The standard InChI is InChI=1S/C17H27N3O5S.ClH/c1-24-15-4-3-14(11-16(15)25-2)26(22,23)20-10-7-17(21)19-9-6-13-5-8-18-12-13;/h3-4,11,13,18,20H,5-10,12H2,1-2H3,(H,19,21);1H. The van der Waals surface area contributed by atoms with Crippen LogP contribution in [-0.2, 0) is 14.8 Å². The molecule has 0 saturated carbocycles. The SMILES string of the molecule is COc1ccc(S(=O)(=O)NCCC(=O)NCCC2CCNC2)cc1OC.Cl. The first-order valence-corrected chi connectivity index (χ1v) is 10.1. The van der Waals surface area contributed by atoms with Crippen LogP contribution in [0.5, 0.6) is 11.5 Å². The summed E-state index contributed by atoms with van der Waals surface area (Å²) in [6.07, 6.45) is 2.17. The van der Waals surface area contributed by atoms with E-state index in [9.17, 15) is 13.2 Å². The molecule has 8 nitrogen and oxygen atoms in total. The van der Waals surface area contributed by atoms with Gasteiger partial charge in [0.2, 0.25) is 15.9 Å². The summed E-state index contributed by atoms with van der Waals surface area (Å²) in [6, 6.07) is 4.34. The summed E-state index contributed by atoms with van der Waals surface area (Å²) in [7, 11) is -0.804. The predicted molar refractivity (Wildman–Crippen MR) is 105 cm³/mol. The zero-order valence-corrected chi connectivity index (χ0v) is 17.2. The normalized spacial score (nSPS) is 16.4. The first kappa shape index (κ1) is 23.5. The van der Waals surface area contributed by atoms with Crippen molar-refractivity contribution in [3.63, 3.8) is 0 Å². The second-order valence-corrected chi connectivity index (χ2v) is 7.93. The predicted octanol–water partition coefficient (Wildman–Crippen LogP) is 0.910. The Balaban J connectivity index is 0.00000364. The van der Waals surface area contributed by atoms with Gasteiger partial charge < -0.3 is 20.1 Å². The summed E-state index contributed by atoms with van der Waals surface area (Å²) in [5, 5.41) is 6.12. The maximum Gasteiger partial charge on any atom is 0.240 e. The Morgan fingerprint density at radius 3 is 2.59 bits per heavy atom. The quantitative estimate of drug-likeness (QED) is 0.518. The zero-order valence-electron chi connectivity index (χ0n) is 15.6. The number of hydrogen-bond acceptors (Lipinski definition) is 6. The maximum atomic E-state index is 12.3. The van der Waals surface area contributed by atoms with Gasteiger partial charge in [-0.1, -0.05) is 0 Å². The molecule has 1 fully saturated rings. The molecule has 2 rings (SSSR count). The van der Waals surface area contributed by atoms with Gasteiger partial charge in [0.15, 0.2) is 11.5 Å². The highest BCUT2D eigenvalue weighted by atomic mass is 35.5. The van der Waals surface area contributed by atoms with Gasteiger partial charge in [-0.2, -0.15) is 0 Å². The first-order chi connectivity index (χ1) is 12.5. The van der Waals surface area contributed by atoms with E-state index in [-0.39, 0.29) is 36.2 Å².